The summed E-state index contributed by atoms with van der Waals surface area (Å²) >= 11 is 0. The average molecular weight is 420 g/mol. The van der Waals surface area contributed by atoms with Gasteiger partial charge in [-0.2, -0.15) is 5.10 Å². The molecule has 1 atom stereocenters. The first-order chi connectivity index (χ1) is 14.9. The molecular weight excluding hydrogens is 396 g/mol. The van der Waals surface area contributed by atoms with E-state index < -0.39 is 6.04 Å². The van der Waals surface area contributed by atoms with Gasteiger partial charge >= 0.3 is 0 Å². The number of benzene rings is 1. The number of rotatable bonds is 4. The Labute approximate surface area is 179 Å². The van der Waals surface area contributed by atoms with Gasteiger partial charge in [-0.3, -0.25) is 14.4 Å². The molecular formula is C23H24N4O4. The Morgan fingerprint density at radius 3 is 2.29 bits per heavy atom. The summed E-state index contributed by atoms with van der Waals surface area (Å²) in [5.74, 6) is -0.0913. The molecule has 3 heterocycles. The van der Waals surface area contributed by atoms with Crippen molar-refractivity contribution in [1.82, 2.24) is 19.6 Å². The molecule has 8 nitrogen and oxygen atoms in total. The van der Waals surface area contributed by atoms with E-state index >= 15 is 0 Å². The highest BCUT2D eigenvalue weighted by molar-refractivity contribution is 5.91. The predicted octanol–water partition coefficient (Wildman–Crippen LogP) is 2.36. The number of amides is 2. The molecule has 0 radical (unpaired) electrons. The van der Waals surface area contributed by atoms with Crippen LogP contribution in [-0.4, -0.2) is 57.6 Å². The maximum Gasteiger partial charge on any atom is 0.289 e. The molecule has 1 fully saturated rings. The van der Waals surface area contributed by atoms with Gasteiger partial charge in [0.25, 0.3) is 11.5 Å². The maximum absolute atomic E-state index is 13.1. The van der Waals surface area contributed by atoms with Crippen molar-refractivity contribution in [3.8, 4) is 11.3 Å². The normalized spacial score (nSPS) is 15.0. The third kappa shape index (κ3) is 4.28. The average Bonchev–Trinajstić information content (AvgIpc) is 3.34. The van der Waals surface area contributed by atoms with Crippen molar-refractivity contribution in [2.45, 2.75) is 19.9 Å². The second-order valence-corrected chi connectivity index (χ2v) is 7.64. The van der Waals surface area contributed by atoms with E-state index in [4.69, 9.17) is 4.42 Å². The molecule has 1 aliphatic heterocycles. The van der Waals surface area contributed by atoms with E-state index in [9.17, 15) is 14.4 Å². The monoisotopic (exact) mass is 420 g/mol. The summed E-state index contributed by atoms with van der Waals surface area (Å²) in [7, 11) is 0. The fourth-order valence-corrected chi connectivity index (χ4v) is 3.64. The summed E-state index contributed by atoms with van der Waals surface area (Å²) in [6, 6.07) is 13.5. The van der Waals surface area contributed by atoms with Crippen LogP contribution in [0.3, 0.4) is 0 Å². The van der Waals surface area contributed by atoms with Crippen LogP contribution in [0.5, 0.6) is 0 Å². The summed E-state index contributed by atoms with van der Waals surface area (Å²) in [5, 5.41) is 4.44. The number of furan rings is 1. The molecule has 160 valence electrons. The van der Waals surface area contributed by atoms with Crippen LogP contribution in [0.2, 0.25) is 0 Å². The number of aryl methyl sites for hydroxylation is 1. The molecule has 2 amide bonds. The van der Waals surface area contributed by atoms with Gasteiger partial charge < -0.3 is 14.2 Å². The fourth-order valence-electron chi connectivity index (χ4n) is 3.64. The van der Waals surface area contributed by atoms with Crippen molar-refractivity contribution >= 4 is 11.8 Å². The Morgan fingerprint density at radius 2 is 1.65 bits per heavy atom. The SMILES string of the molecule is Cc1ccc(-c2ccc(=O)n(C(C)C(=O)N3CCN(C(=O)c4ccco4)CC3)n2)cc1. The highest BCUT2D eigenvalue weighted by Gasteiger charge is 2.29. The van der Waals surface area contributed by atoms with Crippen molar-refractivity contribution in [3.63, 3.8) is 0 Å². The number of aromatic nitrogens is 2. The number of piperazine rings is 1. The van der Waals surface area contributed by atoms with Crippen LogP contribution in [0.25, 0.3) is 11.3 Å². The lowest BCUT2D eigenvalue weighted by molar-refractivity contribution is -0.136. The number of carbonyl (C=O) groups excluding carboxylic acids is 2. The Kier molecular flexibility index (Phi) is 5.70. The van der Waals surface area contributed by atoms with Gasteiger partial charge in [0.05, 0.1) is 12.0 Å². The van der Waals surface area contributed by atoms with E-state index in [-0.39, 0.29) is 23.1 Å². The lowest BCUT2D eigenvalue weighted by Crippen LogP contribution is -2.52. The topological polar surface area (TPSA) is 88.7 Å². The summed E-state index contributed by atoms with van der Waals surface area (Å²) in [4.78, 5) is 41.2. The van der Waals surface area contributed by atoms with Crippen molar-refractivity contribution in [2.75, 3.05) is 26.2 Å². The van der Waals surface area contributed by atoms with Crippen LogP contribution in [0.1, 0.15) is 29.1 Å². The fraction of sp³-hybridized carbons (Fsp3) is 0.304. The Hall–Kier alpha value is -3.68. The minimum Gasteiger partial charge on any atom is -0.459 e. The first-order valence-electron chi connectivity index (χ1n) is 10.2. The molecule has 0 saturated carbocycles. The summed E-state index contributed by atoms with van der Waals surface area (Å²) in [6.45, 7) is 5.27. The van der Waals surface area contributed by atoms with Crippen LogP contribution in [0, 0.1) is 6.92 Å². The van der Waals surface area contributed by atoms with Gasteiger partial charge in [-0.1, -0.05) is 29.8 Å². The highest BCUT2D eigenvalue weighted by atomic mass is 16.3. The number of hydrogen-bond acceptors (Lipinski definition) is 5. The lowest BCUT2D eigenvalue weighted by Gasteiger charge is -2.35. The molecule has 0 bridgehead atoms. The Balaban J connectivity index is 1.46. The zero-order valence-electron chi connectivity index (χ0n) is 17.5. The molecule has 8 heteroatoms. The van der Waals surface area contributed by atoms with Crippen LogP contribution < -0.4 is 5.56 Å². The van der Waals surface area contributed by atoms with Crippen molar-refractivity contribution in [3.05, 3.63) is 76.5 Å². The highest BCUT2D eigenvalue weighted by Crippen LogP contribution is 2.18. The quantitative estimate of drug-likeness (QED) is 0.647. The second-order valence-electron chi connectivity index (χ2n) is 7.64. The third-order valence-corrected chi connectivity index (χ3v) is 5.51. The molecule has 0 aliphatic carbocycles. The van der Waals surface area contributed by atoms with Crippen molar-refractivity contribution in [2.24, 2.45) is 0 Å². The molecule has 31 heavy (non-hydrogen) atoms. The Morgan fingerprint density at radius 1 is 0.968 bits per heavy atom. The van der Waals surface area contributed by atoms with Gasteiger partial charge in [0.1, 0.15) is 6.04 Å². The molecule has 1 aliphatic rings. The summed E-state index contributed by atoms with van der Waals surface area (Å²) in [6.07, 6.45) is 1.46. The minimum atomic E-state index is -0.745. The number of carbonyl (C=O) groups is 2. The second kappa shape index (κ2) is 8.59. The summed E-state index contributed by atoms with van der Waals surface area (Å²) < 4.78 is 6.40. The molecule has 0 N–H and O–H groups in total. The molecule has 0 spiro atoms. The van der Waals surface area contributed by atoms with Gasteiger partial charge in [-0.05, 0) is 32.0 Å². The molecule has 2 aromatic heterocycles. The third-order valence-electron chi connectivity index (χ3n) is 5.51. The van der Waals surface area contributed by atoms with E-state index in [0.29, 0.717) is 31.9 Å². The molecule has 3 aromatic rings. The first kappa shape index (κ1) is 20.6. The van der Waals surface area contributed by atoms with Crippen LogP contribution in [0.15, 0.2) is 64.0 Å². The van der Waals surface area contributed by atoms with E-state index in [1.165, 1.54) is 17.0 Å². The Bertz CT molecular complexity index is 1130. The molecule has 1 unspecified atom stereocenters. The maximum atomic E-state index is 13.1. The van der Waals surface area contributed by atoms with Crippen molar-refractivity contribution < 1.29 is 14.0 Å². The van der Waals surface area contributed by atoms with Gasteiger partial charge in [0.2, 0.25) is 5.91 Å². The smallest absolute Gasteiger partial charge is 0.289 e. The molecule has 1 saturated heterocycles. The zero-order chi connectivity index (χ0) is 22.0. The molecule has 4 rings (SSSR count). The van der Waals surface area contributed by atoms with Crippen LogP contribution in [-0.2, 0) is 4.79 Å². The first-order valence-corrected chi connectivity index (χ1v) is 10.2. The molecule has 1 aromatic carbocycles. The van der Waals surface area contributed by atoms with E-state index in [1.807, 2.05) is 31.2 Å². The number of hydrogen-bond donors (Lipinski definition) is 0. The van der Waals surface area contributed by atoms with Gasteiger partial charge in [0, 0.05) is 37.8 Å². The number of nitrogens with zero attached hydrogens (tertiary/aromatic N) is 4. The van der Waals surface area contributed by atoms with E-state index in [2.05, 4.69) is 5.10 Å². The van der Waals surface area contributed by atoms with Crippen LogP contribution >= 0.6 is 0 Å². The largest absolute Gasteiger partial charge is 0.459 e. The summed E-state index contributed by atoms with van der Waals surface area (Å²) in [5.41, 5.74) is 2.31. The van der Waals surface area contributed by atoms with Gasteiger partial charge in [0.15, 0.2) is 5.76 Å². The predicted molar refractivity (Wildman–Crippen MR) is 115 cm³/mol. The van der Waals surface area contributed by atoms with Gasteiger partial charge in [-0.15, -0.1) is 0 Å². The van der Waals surface area contributed by atoms with Crippen LogP contribution in [0.4, 0.5) is 0 Å². The minimum absolute atomic E-state index is 0.186. The zero-order valence-corrected chi connectivity index (χ0v) is 17.5. The lowest BCUT2D eigenvalue weighted by atomic mass is 10.1. The standard InChI is InChI=1S/C23H24N4O4/c1-16-5-7-18(8-6-16)19-9-10-21(28)27(24-19)17(2)22(29)25-11-13-26(14-12-25)23(30)20-4-3-15-31-20/h3-10,15,17H,11-14H2,1-2H3. The van der Waals surface area contributed by atoms with Crippen molar-refractivity contribution in [1.29, 1.82) is 0 Å². The van der Waals surface area contributed by atoms with Gasteiger partial charge in [-0.25, -0.2) is 4.68 Å². The van der Waals surface area contributed by atoms with E-state index in [0.717, 1.165) is 11.1 Å². The van der Waals surface area contributed by atoms with E-state index in [1.54, 1.807) is 34.9 Å².